The maximum Gasteiger partial charge on any atom is 0.231 e. The number of nitrogens with zero attached hydrogens (tertiary/aromatic N) is 2. The molecule has 2 aliphatic heterocycles. The lowest BCUT2D eigenvalue weighted by Crippen LogP contribution is -2.30. The molecule has 0 unspecified atom stereocenters. The van der Waals surface area contributed by atoms with E-state index in [4.69, 9.17) is 0 Å². The van der Waals surface area contributed by atoms with Gasteiger partial charge in [0.25, 0.3) is 0 Å². The van der Waals surface area contributed by atoms with E-state index in [2.05, 4.69) is 28.4 Å². The van der Waals surface area contributed by atoms with Crippen LogP contribution in [0, 0.1) is 0 Å². The van der Waals surface area contributed by atoms with Gasteiger partial charge in [-0.3, -0.25) is 4.79 Å². The Morgan fingerprint density at radius 3 is 3.05 bits per heavy atom. The van der Waals surface area contributed by atoms with Crippen LogP contribution < -0.4 is 10.2 Å². The third-order valence-electron chi connectivity index (χ3n) is 4.37. The molecule has 1 aromatic rings. The molecule has 0 atom stereocenters. The van der Waals surface area contributed by atoms with E-state index in [1.54, 1.807) is 4.90 Å². The quantitative estimate of drug-likeness (QED) is 0.894. The predicted octanol–water partition coefficient (Wildman–Crippen LogP) is 1.04. The molecule has 2 aliphatic rings. The van der Waals surface area contributed by atoms with Crippen molar-refractivity contribution in [3.8, 4) is 0 Å². The topological polar surface area (TPSA) is 35.6 Å². The van der Waals surface area contributed by atoms with Crippen molar-refractivity contribution in [2.24, 2.45) is 0 Å². The second kappa shape index (κ2) is 5.94. The number of amides is 1. The van der Waals surface area contributed by atoms with Gasteiger partial charge in [-0.1, -0.05) is 12.1 Å². The lowest BCUT2D eigenvalue weighted by atomic mass is 10.1. The molecule has 1 amide bonds. The summed E-state index contributed by atoms with van der Waals surface area (Å²) in [5, 5.41) is 3.43. The number of fused-ring (bicyclic) bond motifs is 1. The van der Waals surface area contributed by atoms with Gasteiger partial charge in [-0.2, -0.15) is 0 Å². The normalized spacial score (nSPS) is 20.1. The van der Waals surface area contributed by atoms with E-state index in [9.17, 15) is 4.79 Å². The summed E-state index contributed by atoms with van der Waals surface area (Å²) < 4.78 is 0. The summed E-state index contributed by atoms with van der Waals surface area (Å²) in [6, 6.07) is 6.48. The van der Waals surface area contributed by atoms with Gasteiger partial charge in [-0.05, 0) is 43.1 Å². The van der Waals surface area contributed by atoms with Gasteiger partial charge >= 0.3 is 0 Å². The maximum atomic E-state index is 11.7. The van der Waals surface area contributed by atoms with Gasteiger partial charge in [0, 0.05) is 32.4 Å². The zero-order valence-electron chi connectivity index (χ0n) is 12.2. The molecule has 3 rings (SSSR count). The number of rotatable bonds is 3. The van der Waals surface area contributed by atoms with Gasteiger partial charge in [0.05, 0.1) is 6.42 Å². The monoisotopic (exact) mass is 273 g/mol. The molecule has 4 nitrogen and oxygen atoms in total. The third kappa shape index (κ3) is 2.86. The molecule has 108 valence electrons. The zero-order chi connectivity index (χ0) is 13.9. The highest BCUT2D eigenvalue weighted by atomic mass is 16.2. The number of likely N-dealkylation sites (N-methyl/N-ethyl adjacent to an activating group) is 1. The second-order valence-corrected chi connectivity index (χ2v) is 5.79. The number of carbonyl (C=O) groups excluding carboxylic acids is 1. The van der Waals surface area contributed by atoms with Gasteiger partial charge in [-0.25, -0.2) is 0 Å². The molecule has 1 aromatic carbocycles. The predicted molar refractivity (Wildman–Crippen MR) is 81.2 cm³/mol. The fourth-order valence-corrected chi connectivity index (χ4v) is 3.09. The van der Waals surface area contributed by atoms with E-state index in [-0.39, 0.29) is 5.91 Å². The van der Waals surface area contributed by atoms with Gasteiger partial charge in [0.1, 0.15) is 0 Å². The van der Waals surface area contributed by atoms with Crippen LogP contribution in [0.25, 0.3) is 0 Å². The van der Waals surface area contributed by atoms with Crippen LogP contribution in [-0.4, -0.2) is 50.6 Å². The molecule has 0 aromatic heterocycles. The number of nitrogens with one attached hydrogen (secondary N) is 1. The summed E-state index contributed by atoms with van der Waals surface area (Å²) in [5.74, 6) is 0.204. The molecule has 1 fully saturated rings. The second-order valence-electron chi connectivity index (χ2n) is 5.79. The highest BCUT2D eigenvalue weighted by Crippen LogP contribution is 2.28. The maximum absolute atomic E-state index is 11.7. The van der Waals surface area contributed by atoms with Crippen molar-refractivity contribution in [1.82, 2.24) is 10.2 Å². The first-order chi connectivity index (χ1) is 9.74. The Hall–Kier alpha value is -1.39. The Morgan fingerprint density at radius 2 is 2.15 bits per heavy atom. The Labute approximate surface area is 120 Å². The summed E-state index contributed by atoms with van der Waals surface area (Å²) in [7, 11) is 1.86. The van der Waals surface area contributed by atoms with E-state index in [0.717, 1.165) is 38.3 Å². The highest BCUT2D eigenvalue weighted by Gasteiger charge is 2.23. The van der Waals surface area contributed by atoms with E-state index >= 15 is 0 Å². The van der Waals surface area contributed by atoms with Crippen LogP contribution in [0.5, 0.6) is 0 Å². The smallest absolute Gasteiger partial charge is 0.231 e. The number of carbonyl (C=O) groups is 1. The van der Waals surface area contributed by atoms with Crippen molar-refractivity contribution in [3.63, 3.8) is 0 Å². The highest BCUT2D eigenvalue weighted by molar-refractivity contribution is 6.00. The van der Waals surface area contributed by atoms with Gasteiger partial charge in [-0.15, -0.1) is 0 Å². The fourth-order valence-electron chi connectivity index (χ4n) is 3.09. The van der Waals surface area contributed by atoms with E-state index in [1.807, 2.05) is 7.05 Å². The Kier molecular flexibility index (Phi) is 4.03. The molecular weight excluding hydrogens is 250 g/mol. The number of hydrogen-bond acceptors (Lipinski definition) is 3. The molecule has 2 heterocycles. The van der Waals surface area contributed by atoms with Crippen LogP contribution in [0.1, 0.15) is 17.5 Å². The van der Waals surface area contributed by atoms with Crippen LogP contribution in [-0.2, 0) is 17.6 Å². The molecule has 0 spiro atoms. The number of hydrogen-bond donors (Lipinski definition) is 1. The van der Waals surface area contributed by atoms with Crippen molar-refractivity contribution >= 4 is 11.6 Å². The first-order valence-electron chi connectivity index (χ1n) is 7.55. The summed E-state index contributed by atoms with van der Waals surface area (Å²) in [6.07, 6.45) is 2.88. The summed E-state index contributed by atoms with van der Waals surface area (Å²) in [4.78, 5) is 16.0. The van der Waals surface area contributed by atoms with Crippen molar-refractivity contribution in [2.45, 2.75) is 19.3 Å². The average Bonchev–Trinajstić information content (AvgIpc) is 2.65. The average molecular weight is 273 g/mol. The molecule has 1 saturated heterocycles. The Morgan fingerprint density at radius 1 is 1.25 bits per heavy atom. The lowest BCUT2D eigenvalue weighted by molar-refractivity contribution is -0.117. The van der Waals surface area contributed by atoms with E-state index in [1.165, 1.54) is 24.1 Å². The molecule has 0 bridgehead atoms. The van der Waals surface area contributed by atoms with Crippen molar-refractivity contribution in [2.75, 3.05) is 44.7 Å². The SMILES string of the molecule is CN1C(=O)Cc2cc(CCN3CCCNCC3)ccc21. The summed E-state index contributed by atoms with van der Waals surface area (Å²) in [5.41, 5.74) is 3.62. The standard InChI is InChI=1S/C16H23N3O/c1-18-15-4-3-13(11-14(15)12-16(18)20)5-9-19-8-2-6-17-7-10-19/h3-4,11,17H,2,5-10,12H2,1H3. The summed E-state index contributed by atoms with van der Waals surface area (Å²) in [6.45, 7) is 5.70. The summed E-state index contributed by atoms with van der Waals surface area (Å²) >= 11 is 0. The van der Waals surface area contributed by atoms with Crippen molar-refractivity contribution in [1.29, 1.82) is 0 Å². The van der Waals surface area contributed by atoms with Crippen LogP contribution >= 0.6 is 0 Å². The largest absolute Gasteiger partial charge is 0.315 e. The van der Waals surface area contributed by atoms with Crippen molar-refractivity contribution < 1.29 is 4.79 Å². The minimum Gasteiger partial charge on any atom is -0.315 e. The van der Waals surface area contributed by atoms with Crippen LogP contribution in [0.3, 0.4) is 0 Å². The molecule has 20 heavy (non-hydrogen) atoms. The van der Waals surface area contributed by atoms with Crippen molar-refractivity contribution in [3.05, 3.63) is 29.3 Å². The van der Waals surface area contributed by atoms with Crippen LogP contribution in [0.15, 0.2) is 18.2 Å². The van der Waals surface area contributed by atoms with E-state index < -0.39 is 0 Å². The van der Waals surface area contributed by atoms with E-state index in [0.29, 0.717) is 6.42 Å². The minimum absolute atomic E-state index is 0.204. The molecule has 0 saturated carbocycles. The van der Waals surface area contributed by atoms with Crippen LogP contribution in [0.2, 0.25) is 0 Å². The van der Waals surface area contributed by atoms with Gasteiger partial charge < -0.3 is 15.1 Å². The number of anilines is 1. The first kappa shape index (κ1) is 13.6. The minimum atomic E-state index is 0.204. The third-order valence-corrected chi connectivity index (χ3v) is 4.37. The fraction of sp³-hybridized carbons (Fsp3) is 0.562. The molecule has 4 heteroatoms. The van der Waals surface area contributed by atoms with Crippen LogP contribution in [0.4, 0.5) is 5.69 Å². The van der Waals surface area contributed by atoms with Gasteiger partial charge in [0.15, 0.2) is 0 Å². The Balaban J connectivity index is 1.61. The lowest BCUT2D eigenvalue weighted by Gasteiger charge is -2.19. The zero-order valence-corrected chi connectivity index (χ0v) is 12.2. The molecule has 0 aliphatic carbocycles. The number of benzene rings is 1. The van der Waals surface area contributed by atoms with Gasteiger partial charge in [0.2, 0.25) is 5.91 Å². The molecule has 0 radical (unpaired) electrons. The Bertz CT molecular complexity index is 492. The first-order valence-corrected chi connectivity index (χ1v) is 7.55. The molecule has 1 N–H and O–H groups in total. The molecular formula is C16H23N3O.